The molecule has 1 aliphatic heterocycles. The lowest BCUT2D eigenvalue weighted by Gasteiger charge is -2.36. The molecule has 8 heteroatoms. The summed E-state index contributed by atoms with van der Waals surface area (Å²) in [5, 5.41) is 6.46. The number of amides is 1. The van der Waals surface area contributed by atoms with E-state index < -0.39 is 0 Å². The van der Waals surface area contributed by atoms with Crippen molar-refractivity contribution in [2.75, 3.05) is 63.9 Å². The number of anilines is 1. The largest absolute Gasteiger partial charge is 0.382 e. The molecule has 1 fully saturated rings. The highest BCUT2D eigenvalue weighted by atomic mass is 19.1. The van der Waals surface area contributed by atoms with Crippen LogP contribution in [0, 0.1) is 5.82 Å². The number of aliphatic imine (C=N–C) groups is 1. The molecule has 30 heavy (non-hydrogen) atoms. The van der Waals surface area contributed by atoms with Gasteiger partial charge >= 0.3 is 0 Å². The van der Waals surface area contributed by atoms with Gasteiger partial charge in [-0.3, -0.25) is 9.79 Å². The average molecular weight is 422 g/mol. The average Bonchev–Trinajstić information content (AvgIpc) is 2.76. The summed E-state index contributed by atoms with van der Waals surface area (Å²) in [5.41, 5.74) is 0.998. The van der Waals surface area contributed by atoms with Crippen LogP contribution in [0.2, 0.25) is 0 Å². The van der Waals surface area contributed by atoms with Crippen molar-refractivity contribution in [3.63, 3.8) is 0 Å². The predicted octanol–water partition coefficient (Wildman–Crippen LogP) is 2.24. The van der Waals surface area contributed by atoms with Crippen LogP contribution in [0.25, 0.3) is 0 Å². The summed E-state index contributed by atoms with van der Waals surface area (Å²) in [6, 6.07) is 6.52. The second kappa shape index (κ2) is 13.8. The fourth-order valence-corrected chi connectivity index (χ4v) is 3.30. The first-order valence-electron chi connectivity index (χ1n) is 11.0. The molecular weight excluding hydrogens is 385 g/mol. The summed E-state index contributed by atoms with van der Waals surface area (Å²) in [6.07, 6.45) is 2.41. The van der Waals surface area contributed by atoms with Crippen LogP contribution >= 0.6 is 0 Å². The van der Waals surface area contributed by atoms with Gasteiger partial charge in [-0.1, -0.05) is 0 Å². The zero-order valence-electron chi connectivity index (χ0n) is 18.3. The highest BCUT2D eigenvalue weighted by molar-refractivity contribution is 5.81. The molecule has 1 aromatic rings. The fraction of sp³-hybridized carbons (Fsp3) is 0.636. The van der Waals surface area contributed by atoms with Crippen LogP contribution in [0.5, 0.6) is 0 Å². The van der Waals surface area contributed by atoms with Crippen molar-refractivity contribution in [3.8, 4) is 0 Å². The number of nitrogens with zero attached hydrogens (tertiary/aromatic N) is 3. The molecule has 1 aromatic carbocycles. The maximum absolute atomic E-state index is 13.1. The van der Waals surface area contributed by atoms with Crippen molar-refractivity contribution < 1.29 is 13.9 Å². The maximum atomic E-state index is 13.1. The van der Waals surface area contributed by atoms with E-state index in [1.54, 1.807) is 12.1 Å². The summed E-state index contributed by atoms with van der Waals surface area (Å²) < 4.78 is 18.4. The van der Waals surface area contributed by atoms with Crippen LogP contribution in [-0.4, -0.2) is 75.8 Å². The Morgan fingerprint density at radius 3 is 2.50 bits per heavy atom. The third-order valence-electron chi connectivity index (χ3n) is 4.97. The minimum atomic E-state index is -0.231. The molecular formula is C22H36FN5O2. The highest BCUT2D eigenvalue weighted by Crippen LogP contribution is 2.17. The monoisotopic (exact) mass is 421 g/mol. The number of halogens is 1. The third kappa shape index (κ3) is 8.57. The number of benzene rings is 1. The summed E-state index contributed by atoms with van der Waals surface area (Å²) in [5.74, 6) is 0.669. The van der Waals surface area contributed by atoms with Gasteiger partial charge in [0.2, 0.25) is 5.91 Å². The van der Waals surface area contributed by atoms with Crippen LogP contribution in [0.3, 0.4) is 0 Å². The summed E-state index contributed by atoms with van der Waals surface area (Å²) in [6.45, 7) is 10.5. The van der Waals surface area contributed by atoms with Gasteiger partial charge in [-0.05, 0) is 51.0 Å². The first kappa shape index (κ1) is 23.9. The number of rotatable bonds is 11. The third-order valence-corrected chi connectivity index (χ3v) is 4.97. The van der Waals surface area contributed by atoms with Crippen molar-refractivity contribution in [3.05, 3.63) is 30.1 Å². The number of piperazine rings is 1. The number of ether oxygens (including phenoxy) is 1. The Labute approximate surface area is 179 Å². The van der Waals surface area contributed by atoms with E-state index in [-0.39, 0.29) is 11.7 Å². The molecule has 1 heterocycles. The normalized spacial score (nSPS) is 14.7. The van der Waals surface area contributed by atoms with Crippen molar-refractivity contribution in [2.24, 2.45) is 4.99 Å². The topological polar surface area (TPSA) is 69.2 Å². The van der Waals surface area contributed by atoms with Gasteiger partial charge < -0.3 is 25.2 Å². The van der Waals surface area contributed by atoms with E-state index in [1.807, 2.05) is 18.7 Å². The Bertz CT molecular complexity index is 645. The van der Waals surface area contributed by atoms with E-state index >= 15 is 0 Å². The van der Waals surface area contributed by atoms with Gasteiger partial charge in [0.05, 0.1) is 0 Å². The van der Waals surface area contributed by atoms with Crippen molar-refractivity contribution >= 4 is 17.6 Å². The van der Waals surface area contributed by atoms with Gasteiger partial charge in [0.15, 0.2) is 5.96 Å². The van der Waals surface area contributed by atoms with E-state index in [4.69, 9.17) is 4.74 Å². The van der Waals surface area contributed by atoms with Gasteiger partial charge in [0, 0.05) is 71.1 Å². The smallest absolute Gasteiger partial charge is 0.224 e. The van der Waals surface area contributed by atoms with Crippen LogP contribution in [0.1, 0.15) is 33.1 Å². The number of hydrogen-bond acceptors (Lipinski definition) is 4. The lowest BCUT2D eigenvalue weighted by Crippen LogP contribution is -2.49. The molecule has 2 rings (SSSR count). The molecule has 0 aromatic heterocycles. The van der Waals surface area contributed by atoms with Gasteiger partial charge in [-0.25, -0.2) is 4.39 Å². The Balaban J connectivity index is 1.67. The Hall–Kier alpha value is -2.35. The molecule has 1 aliphatic rings. The number of guanidine groups is 1. The molecule has 0 spiro atoms. The zero-order valence-corrected chi connectivity index (χ0v) is 18.3. The number of nitrogens with one attached hydrogen (secondary N) is 2. The lowest BCUT2D eigenvalue weighted by atomic mass is 10.2. The van der Waals surface area contributed by atoms with E-state index in [1.165, 1.54) is 12.1 Å². The molecule has 1 saturated heterocycles. The Morgan fingerprint density at radius 1 is 1.10 bits per heavy atom. The van der Waals surface area contributed by atoms with E-state index in [0.717, 1.165) is 63.9 Å². The van der Waals surface area contributed by atoms with Crippen LogP contribution in [0.15, 0.2) is 29.3 Å². The van der Waals surface area contributed by atoms with E-state index in [2.05, 4.69) is 20.5 Å². The quantitative estimate of drug-likeness (QED) is 0.326. The van der Waals surface area contributed by atoms with Crippen LogP contribution in [0.4, 0.5) is 10.1 Å². The summed E-state index contributed by atoms with van der Waals surface area (Å²) >= 11 is 0. The summed E-state index contributed by atoms with van der Waals surface area (Å²) in [7, 11) is 0. The Morgan fingerprint density at radius 2 is 1.83 bits per heavy atom. The van der Waals surface area contributed by atoms with Crippen molar-refractivity contribution in [2.45, 2.75) is 33.1 Å². The Kier molecular flexibility index (Phi) is 11.0. The molecule has 0 radical (unpaired) electrons. The fourth-order valence-electron chi connectivity index (χ4n) is 3.30. The molecule has 0 unspecified atom stereocenters. The maximum Gasteiger partial charge on any atom is 0.224 e. The first-order valence-corrected chi connectivity index (χ1v) is 11.0. The van der Waals surface area contributed by atoms with Gasteiger partial charge in [-0.2, -0.15) is 0 Å². The number of carbonyl (C=O) groups excluding carboxylic acids is 1. The van der Waals surface area contributed by atoms with Crippen LogP contribution in [-0.2, 0) is 9.53 Å². The highest BCUT2D eigenvalue weighted by Gasteiger charge is 2.21. The minimum Gasteiger partial charge on any atom is -0.382 e. The second-order valence-corrected chi connectivity index (χ2v) is 7.19. The number of hydrogen-bond donors (Lipinski definition) is 2. The molecule has 0 bridgehead atoms. The van der Waals surface area contributed by atoms with Crippen molar-refractivity contribution in [1.29, 1.82) is 0 Å². The van der Waals surface area contributed by atoms with Gasteiger partial charge in [0.25, 0.3) is 0 Å². The standard InChI is InChI=1S/C22H36FN5O2/c1-3-24-22(25-12-5-6-18-30-4-2)26-13-11-21(29)28-16-14-27(15-17-28)20-9-7-19(23)8-10-20/h7-10H,3-6,11-18H2,1-2H3,(H2,24,25,26). The van der Waals surface area contributed by atoms with E-state index in [9.17, 15) is 9.18 Å². The van der Waals surface area contributed by atoms with Crippen molar-refractivity contribution in [1.82, 2.24) is 15.5 Å². The number of carbonyl (C=O) groups is 1. The minimum absolute atomic E-state index is 0.147. The van der Waals surface area contributed by atoms with E-state index in [0.29, 0.717) is 26.1 Å². The summed E-state index contributed by atoms with van der Waals surface area (Å²) in [4.78, 5) is 21.2. The predicted molar refractivity (Wildman–Crippen MR) is 120 cm³/mol. The molecule has 7 nitrogen and oxygen atoms in total. The molecule has 0 aliphatic carbocycles. The second-order valence-electron chi connectivity index (χ2n) is 7.19. The van der Waals surface area contributed by atoms with Crippen LogP contribution < -0.4 is 15.5 Å². The molecule has 168 valence electrons. The number of unbranched alkanes of at least 4 members (excludes halogenated alkanes) is 1. The lowest BCUT2D eigenvalue weighted by molar-refractivity contribution is -0.131. The molecule has 0 saturated carbocycles. The van der Waals surface area contributed by atoms with Gasteiger partial charge in [0.1, 0.15) is 5.82 Å². The molecule has 0 atom stereocenters. The SMILES string of the molecule is CCNC(=NCCCCOCC)NCCC(=O)N1CCN(c2ccc(F)cc2)CC1. The molecule has 1 amide bonds. The van der Waals surface area contributed by atoms with Gasteiger partial charge in [-0.15, -0.1) is 0 Å². The zero-order chi connectivity index (χ0) is 21.6. The molecule has 2 N–H and O–H groups in total. The first-order chi connectivity index (χ1) is 14.6.